The summed E-state index contributed by atoms with van der Waals surface area (Å²) < 4.78 is 31.2. The van der Waals surface area contributed by atoms with Gasteiger partial charge in [-0.3, -0.25) is 4.79 Å². The smallest absolute Gasteiger partial charge is 0.253 e. The van der Waals surface area contributed by atoms with E-state index in [4.69, 9.17) is 4.98 Å². The van der Waals surface area contributed by atoms with Crippen LogP contribution < -0.4 is 10.0 Å². The number of likely N-dealkylation sites (tertiary alicyclic amines) is 1. The fourth-order valence-electron chi connectivity index (χ4n) is 6.78. The standard InChI is InChI=1S/C34H43N7O3S/c1-24-8-5-6-10-30(24)45(43,44)38-34(2)19-15-25(16-20-34)29-9-7-21-41-31(29)36-33(37-41)35-27-13-11-26(12-14-27)32(42)40(4)28-17-22-39(3)23-18-28/h5-14,21,25,28,38H,15-20,22-23H2,1-4H3,(H,35,37). The first-order valence-corrected chi connectivity index (χ1v) is 17.3. The maximum absolute atomic E-state index is 13.2. The van der Waals surface area contributed by atoms with E-state index in [1.54, 1.807) is 16.6 Å². The second-order valence-electron chi connectivity index (χ2n) is 13.0. The highest BCUT2D eigenvalue weighted by molar-refractivity contribution is 7.89. The first kappa shape index (κ1) is 31.2. The van der Waals surface area contributed by atoms with Gasteiger partial charge in [0.25, 0.3) is 5.91 Å². The molecule has 2 aromatic carbocycles. The van der Waals surface area contributed by atoms with Crippen molar-refractivity contribution in [3.8, 4) is 0 Å². The van der Waals surface area contributed by atoms with Gasteiger partial charge in [0, 0.05) is 41.6 Å². The number of carbonyl (C=O) groups is 1. The lowest BCUT2D eigenvalue weighted by atomic mass is 9.76. The number of sulfonamides is 1. The van der Waals surface area contributed by atoms with Crippen LogP contribution in [0.2, 0.25) is 0 Å². The molecule has 45 heavy (non-hydrogen) atoms. The summed E-state index contributed by atoms with van der Waals surface area (Å²) in [4.78, 5) is 22.5. The minimum absolute atomic E-state index is 0.0400. The Morgan fingerprint density at radius 2 is 1.67 bits per heavy atom. The second kappa shape index (κ2) is 12.5. The van der Waals surface area contributed by atoms with Gasteiger partial charge in [0.05, 0.1) is 4.90 Å². The van der Waals surface area contributed by atoms with Gasteiger partial charge in [-0.05, 0) is 120 Å². The molecule has 1 amide bonds. The summed E-state index contributed by atoms with van der Waals surface area (Å²) in [5, 5.41) is 7.95. The van der Waals surface area contributed by atoms with E-state index in [2.05, 4.69) is 33.2 Å². The number of rotatable bonds is 8. The molecule has 10 nitrogen and oxygen atoms in total. The molecule has 1 aliphatic carbocycles. The predicted octanol–water partition coefficient (Wildman–Crippen LogP) is 5.34. The fraction of sp³-hybridized carbons (Fsp3) is 0.441. The Morgan fingerprint density at radius 1 is 0.978 bits per heavy atom. The van der Waals surface area contributed by atoms with E-state index in [-0.39, 0.29) is 17.9 Å². The molecule has 2 fully saturated rings. The van der Waals surface area contributed by atoms with Crippen molar-refractivity contribution >= 4 is 33.2 Å². The van der Waals surface area contributed by atoms with Crippen LogP contribution in [-0.4, -0.2) is 77.5 Å². The number of amides is 1. The number of aromatic nitrogens is 3. The largest absolute Gasteiger partial charge is 0.339 e. The van der Waals surface area contributed by atoms with Crippen molar-refractivity contribution < 1.29 is 13.2 Å². The van der Waals surface area contributed by atoms with Crippen molar-refractivity contribution in [2.45, 2.75) is 74.8 Å². The number of hydrogen-bond acceptors (Lipinski definition) is 7. The molecule has 0 spiro atoms. The molecule has 0 radical (unpaired) electrons. The third-order valence-electron chi connectivity index (χ3n) is 9.63. The van der Waals surface area contributed by atoms with Gasteiger partial charge in [-0.1, -0.05) is 24.3 Å². The number of hydrogen-bond donors (Lipinski definition) is 2. The average Bonchev–Trinajstić information content (AvgIpc) is 3.44. The molecule has 2 aliphatic rings. The van der Waals surface area contributed by atoms with Crippen LogP contribution in [-0.2, 0) is 10.0 Å². The van der Waals surface area contributed by atoms with Crippen molar-refractivity contribution in [1.29, 1.82) is 0 Å². The van der Waals surface area contributed by atoms with Gasteiger partial charge in [-0.25, -0.2) is 17.7 Å². The Bertz CT molecular complexity index is 1770. The van der Waals surface area contributed by atoms with E-state index in [0.29, 0.717) is 16.4 Å². The summed E-state index contributed by atoms with van der Waals surface area (Å²) in [7, 11) is 0.405. The third-order valence-corrected chi connectivity index (χ3v) is 11.4. The van der Waals surface area contributed by atoms with Gasteiger partial charge in [0.2, 0.25) is 16.0 Å². The van der Waals surface area contributed by atoms with Crippen LogP contribution in [0.5, 0.6) is 0 Å². The van der Waals surface area contributed by atoms with E-state index in [1.807, 2.05) is 74.5 Å². The van der Waals surface area contributed by atoms with Crippen LogP contribution in [0.3, 0.4) is 0 Å². The summed E-state index contributed by atoms with van der Waals surface area (Å²) in [6.45, 7) is 5.84. The number of aryl methyl sites for hydroxylation is 1. The molecule has 2 aromatic heterocycles. The molecule has 238 valence electrons. The first-order chi connectivity index (χ1) is 21.5. The molecule has 1 saturated carbocycles. The zero-order valence-corrected chi connectivity index (χ0v) is 27.3. The van der Waals surface area contributed by atoms with E-state index < -0.39 is 15.6 Å². The van der Waals surface area contributed by atoms with E-state index >= 15 is 0 Å². The van der Waals surface area contributed by atoms with Gasteiger partial charge in [0.15, 0.2) is 5.65 Å². The Hall–Kier alpha value is -3.80. The molecule has 0 unspecified atom stereocenters. The summed E-state index contributed by atoms with van der Waals surface area (Å²) in [5.41, 5.74) is 3.60. The number of anilines is 2. The molecular formula is C34H43N7O3S. The summed E-state index contributed by atoms with van der Waals surface area (Å²) in [6, 6.07) is 18.9. The molecule has 6 rings (SSSR count). The van der Waals surface area contributed by atoms with Crippen LogP contribution in [0, 0.1) is 6.92 Å². The van der Waals surface area contributed by atoms with Gasteiger partial charge in [-0.2, -0.15) is 4.98 Å². The Morgan fingerprint density at radius 3 is 2.36 bits per heavy atom. The minimum atomic E-state index is -3.62. The van der Waals surface area contributed by atoms with Crippen molar-refractivity contribution in [3.63, 3.8) is 0 Å². The van der Waals surface area contributed by atoms with E-state index in [0.717, 1.165) is 74.1 Å². The molecule has 1 aliphatic heterocycles. The summed E-state index contributed by atoms with van der Waals surface area (Å²) in [5.74, 6) is 0.767. The van der Waals surface area contributed by atoms with Gasteiger partial charge in [0.1, 0.15) is 0 Å². The number of nitrogens with one attached hydrogen (secondary N) is 2. The highest BCUT2D eigenvalue weighted by Crippen LogP contribution is 2.40. The number of carbonyl (C=O) groups excluding carboxylic acids is 1. The number of pyridine rings is 1. The number of nitrogens with zero attached hydrogens (tertiary/aromatic N) is 5. The van der Waals surface area contributed by atoms with Crippen molar-refractivity contribution in [1.82, 2.24) is 29.1 Å². The lowest BCUT2D eigenvalue weighted by Crippen LogP contribution is -2.48. The van der Waals surface area contributed by atoms with Crippen LogP contribution in [0.15, 0.2) is 71.8 Å². The lowest BCUT2D eigenvalue weighted by Gasteiger charge is -2.38. The van der Waals surface area contributed by atoms with Gasteiger partial charge in [-0.15, -0.1) is 5.10 Å². The van der Waals surface area contributed by atoms with Crippen molar-refractivity contribution in [2.75, 3.05) is 32.5 Å². The average molecular weight is 630 g/mol. The van der Waals surface area contributed by atoms with Gasteiger partial charge >= 0.3 is 0 Å². The van der Waals surface area contributed by atoms with Crippen LogP contribution >= 0.6 is 0 Å². The molecule has 11 heteroatoms. The fourth-order valence-corrected chi connectivity index (χ4v) is 8.49. The Kier molecular flexibility index (Phi) is 8.69. The third kappa shape index (κ3) is 6.75. The second-order valence-corrected chi connectivity index (χ2v) is 14.7. The number of fused-ring (bicyclic) bond motifs is 1. The first-order valence-electron chi connectivity index (χ1n) is 15.8. The van der Waals surface area contributed by atoms with Crippen LogP contribution in [0.25, 0.3) is 5.65 Å². The molecule has 4 aromatic rings. The van der Waals surface area contributed by atoms with Gasteiger partial charge < -0.3 is 15.1 Å². The highest BCUT2D eigenvalue weighted by atomic mass is 32.2. The molecule has 2 N–H and O–H groups in total. The predicted molar refractivity (Wildman–Crippen MR) is 176 cm³/mol. The van der Waals surface area contributed by atoms with Crippen LogP contribution in [0.4, 0.5) is 11.6 Å². The van der Waals surface area contributed by atoms with E-state index in [9.17, 15) is 13.2 Å². The SMILES string of the molecule is Cc1ccccc1S(=O)(=O)NC1(C)CCC(c2cccn3nc(Nc4ccc(C(=O)N(C)C5CCN(C)CC5)cc4)nc23)CC1. The molecule has 0 atom stereocenters. The van der Waals surface area contributed by atoms with Crippen LogP contribution in [0.1, 0.15) is 72.9 Å². The Labute approximate surface area is 265 Å². The van der Waals surface area contributed by atoms with Crippen molar-refractivity contribution in [2.24, 2.45) is 0 Å². The van der Waals surface area contributed by atoms with Crippen molar-refractivity contribution in [3.05, 3.63) is 83.6 Å². The molecular weight excluding hydrogens is 586 g/mol. The zero-order chi connectivity index (χ0) is 31.8. The monoisotopic (exact) mass is 629 g/mol. The summed E-state index contributed by atoms with van der Waals surface area (Å²) in [6.07, 6.45) is 7.00. The summed E-state index contributed by atoms with van der Waals surface area (Å²) >= 11 is 0. The lowest BCUT2D eigenvalue weighted by molar-refractivity contribution is 0.0659. The van der Waals surface area contributed by atoms with E-state index in [1.165, 1.54) is 0 Å². The number of benzene rings is 2. The quantitative estimate of drug-likeness (QED) is 0.271. The Balaban J connectivity index is 1.10. The molecule has 3 heterocycles. The maximum Gasteiger partial charge on any atom is 0.253 e. The minimum Gasteiger partial charge on any atom is -0.339 e. The highest BCUT2D eigenvalue weighted by Gasteiger charge is 2.36. The normalized spacial score (nSPS) is 21.6. The maximum atomic E-state index is 13.2. The topological polar surface area (TPSA) is 112 Å². The molecule has 1 saturated heterocycles. The molecule has 0 bridgehead atoms. The number of piperidine rings is 1. The zero-order valence-electron chi connectivity index (χ0n) is 26.5.